The standard InChI is InChI=1S/C26H31N3O3/c1-19-24(25(26(30)31)28-27-19)18-22-7-5-20(6-8-22)17-21-9-11-23(12-10-21)32-16-15-29-13-3-2-4-14-29/h5-12H,2-4,13-18H2,1H3,(H,27,28)(H,30,31). The molecule has 0 atom stereocenters. The lowest BCUT2D eigenvalue weighted by molar-refractivity contribution is 0.0689. The van der Waals surface area contributed by atoms with Crippen molar-refractivity contribution >= 4 is 5.97 Å². The minimum atomic E-state index is -1.00. The molecular formula is C26H31N3O3. The molecule has 0 saturated carbocycles. The summed E-state index contributed by atoms with van der Waals surface area (Å²) >= 11 is 0. The summed E-state index contributed by atoms with van der Waals surface area (Å²) in [6, 6.07) is 16.7. The van der Waals surface area contributed by atoms with Gasteiger partial charge in [-0.2, -0.15) is 5.10 Å². The van der Waals surface area contributed by atoms with Gasteiger partial charge in [0.05, 0.1) is 0 Å². The van der Waals surface area contributed by atoms with Crippen molar-refractivity contribution in [3.05, 3.63) is 82.2 Å². The molecule has 0 bridgehead atoms. The summed E-state index contributed by atoms with van der Waals surface area (Å²) in [5.41, 5.74) is 5.16. The molecule has 3 aromatic rings. The molecule has 0 amide bonds. The van der Waals surface area contributed by atoms with E-state index in [0.717, 1.165) is 42.1 Å². The zero-order valence-electron chi connectivity index (χ0n) is 18.6. The molecule has 1 aliphatic heterocycles. The van der Waals surface area contributed by atoms with Gasteiger partial charge >= 0.3 is 5.97 Å². The number of likely N-dealkylation sites (tertiary alicyclic amines) is 1. The van der Waals surface area contributed by atoms with E-state index in [9.17, 15) is 9.90 Å². The Hall–Kier alpha value is -3.12. The van der Waals surface area contributed by atoms with Crippen LogP contribution >= 0.6 is 0 Å². The second kappa shape index (κ2) is 10.5. The summed E-state index contributed by atoms with van der Waals surface area (Å²) in [7, 11) is 0. The molecule has 2 N–H and O–H groups in total. The number of carbonyl (C=O) groups is 1. The molecule has 168 valence electrons. The molecule has 1 aliphatic rings. The maximum Gasteiger partial charge on any atom is 0.356 e. The summed E-state index contributed by atoms with van der Waals surface area (Å²) in [6.07, 6.45) is 5.37. The number of aromatic carboxylic acids is 1. The number of hydrogen-bond acceptors (Lipinski definition) is 4. The van der Waals surface area contributed by atoms with Crippen LogP contribution in [0.5, 0.6) is 5.75 Å². The van der Waals surface area contributed by atoms with Crippen molar-refractivity contribution in [3.8, 4) is 5.75 Å². The Bertz CT molecular complexity index is 1020. The highest BCUT2D eigenvalue weighted by Crippen LogP contribution is 2.19. The smallest absolute Gasteiger partial charge is 0.356 e. The minimum absolute atomic E-state index is 0.102. The van der Waals surface area contributed by atoms with Crippen LogP contribution in [-0.4, -0.2) is 52.4 Å². The lowest BCUT2D eigenvalue weighted by Crippen LogP contribution is -2.33. The molecule has 0 unspecified atom stereocenters. The predicted molar refractivity (Wildman–Crippen MR) is 125 cm³/mol. The van der Waals surface area contributed by atoms with Crippen LogP contribution in [0.1, 0.15) is 57.7 Å². The second-order valence-electron chi connectivity index (χ2n) is 8.55. The van der Waals surface area contributed by atoms with Crippen LogP contribution < -0.4 is 4.74 Å². The average Bonchev–Trinajstić information content (AvgIpc) is 3.17. The average molecular weight is 434 g/mol. The van der Waals surface area contributed by atoms with Crippen LogP contribution in [0.3, 0.4) is 0 Å². The molecule has 2 aromatic carbocycles. The van der Waals surface area contributed by atoms with Gasteiger partial charge in [0, 0.05) is 24.2 Å². The number of nitrogens with one attached hydrogen (secondary N) is 1. The first-order chi connectivity index (χ1) is 15.6. The number of carboxylic acid groups (broad SMARTS) is 1. The Labute approximate surface area is 189 Å². The summed E-state index contributed by atoms with van der Waals surface area (Å²) in [5, 5.41) is 16.0. The van der Waals surface area contributed by atoms with Gasteiger partial charge in [0.1, 0.15) is 12.4 Å². The molecule has 4 rings (SSSR count). The van der Waals surface area contributed by atoms with Crippen LogP contribution in [0.4, 0.5) is 0 Å². The van der Waals surface area contributed by atoms with Gasteiger partial charge in [-0.25, -0.2) is 4.79 Å². The van der Waals surface area contributed by atoms with Crippen LogP contribution in [0.15, 0.2) is 48.5 Å². The fourth-order valence-corrected chi connectivity index (χ4v) is 4.24. The molecule has 1 saturated heterocycles. The number of benzene rings is 2. The molecule has 6 heteroatoms. The molecule has 1 fully saturated rings. The Morgan fingerprint density at radius 3 is 2.19 bits per heavy atom. The number of nitrogens with zero attached hydrogens (tertiary/aromatic N) is 2. The zero-order valence-corrected chi connectivity index (χ0v) is 18.6. The molecular weight excluding hydrogens is 402 g/mol. The number of H-pyrrole nitrogens is 1. The maximum absolute atomic E-state index is 11.3. The zero-order chi connectivity index (χ0) is 22.3. The third-order valence-electron chi connectivity index (χ3n) is 6.14. The molecule has 2 heterocycles. The normalized spacial score (nSPS) is 14.4. The van der Waals surface area contributed by atoms with Crippen molar-refractivity contribution in [2.75, 3.05) is 26.2 Å². The molecule has 1 aromatic heterocycles. The number of aromatic amines is 1. The van der Waals surface area contributed by atoms with E-state index in [-0.39, 0.29) is 5.69 Å². The van der Waals surface area contributed by atoms with Crippen LogP contribution in [0.2, 0.25) is 0 Å². The van der Waals surface area contributed by atoms with E-state index in [4.69, 9.17) is 4.74 Å². The van der Waals surface area contributed by atoms with Crippen molar-refractivity contribution < 1.29 is 14.6 Å². The van der Waals surface area contributed by atoms with E-state index >= 15 is 0 Å². The van der Waals surface area contributed by atoms with Gasteiger partial charge in [-0.3, -0.25) is 10.00 Å². The van der Waals surface area contributed by atoms with Crippen LogP contribution in [0.25, 0.3) is 0 Å². The van der Waals surface area contributed by atoms with E-state index in [1.807, 2.05) is 6.92 Å². The summed E-state index contributed by atoms with van der Waals surface area (Å²) < 4.78 is 5.92. The molecule has 6 nitrogen and oxygen atoms in total. The van der Waals surface area contributed by atoms with E-state index in [1.165, 1.54) is 43.5 Å². The number of carboxylic acids is 1. The van der Waals surface area contributed by atoms with Crippen LogP contribution in [0, 0.1) is 6.92 Å². The number of aryl methyl sites for hydroxylation is 1. The topological polar surface area (TPSA) is 78.5 Å². The fourth-order valence-electron chi connectivity index (χ4n) is 4.24. The van der Waals surface area contributed by atoms with Crippen molar-refractivity contribution in [2.24, 2.45) is 0 Å². The molecule has 0 spiro atoms. The highest BCUT2D eigenvalue weighted by molar-refractivity contribution is 5.87. The van der Waals surface area contributed by atoms with Crippen molar-refractivity contribution in [3.63, 3.8) is 0 Å². The highest BCUT2D eigenvalue weighted by atomic mass is 16.5. The lowest BCUT2D eigenvalue weighted by atomic mass is 9.99. The summed E-state index contributed by atoms with van der Waals surface area (Å²) in [5.74, 6) is -0.0780. The maximum atomic E-state index is 11.3. The Morgan fingerprint density at radius 2 is 1.56 bits per heavy atom. The van der Waals surface area contributed by atoms with Gasteiger partial charge in [0.2, 0.25) is 0 Å². The van der Waals surface area contributed by atoms with Crippen LogP contribution in [-0.2, 0) is 12.8 Å². The molecule has 0 radical (unpaired) electrons. The Balaban J connectivity index is 1.29. The van der Waals surface area contributed by atoms with Crippen molar-refractivity contribution in [2.45, 2.75) is 39.0 Å². The van der Waals surface area contributed by atoms with Crippen molar-refractivity contribution in [1.82, 2.24) is 15.1 Å². The SMILES string of the molecule is Cc1[nH]nc(C(=O)O)c1Cc1ccc(Cc2ccc(OCCN3CCCCC3)cc2)cc1. The van der Waals surface area contributed by atoms with Gasteiger partial charge in [-0.1, -0.05) is 42.8 Å². The summed E-state index contributed by atoms with van der Waals surface area (Å²) in [4.78, 5) is 13.8. The highest BCUT2D eigenvalue weighted by Gasteiger charge is 2.16. The number of rotatable bonds is 9. The monoisotopic (exact) mass is 433 g/mol. The summed E-state index contributed by atoms with van der Waals surface area (Å²) in [6.45, 7) is 5.98. The van der Waals surface area contributed by atoms with Gasteiger partial charge < -0.3 is 9.84 Å². The minimum Gasteiger partial charge on any atom is -0.492 e. The van der Waals surface area contributed by atoms with E-state index in [2.05, 4.69) is 63.6 Å². The number of aromatic nitrogens is 2. The van der Waals surface area contributed by atoms with Crippen molar-refractivity contribution in [1.29, 1.82) is 0 Å². The Kier molecular flexibility index (Phi) is 7.22. The largest absolute Gasteiger partial charge is 0.492 e. The third kappa shape index (κ3) is 5.77. The van der Waals surface area contributed by atoms with E-state index in [1.54, 1.807) is 0 Å². The van der Waals surface area contributed by atoms with E-state index in [0.29, 0.717) is 6.42 Å². The third-order valence-corrected chi connectivity index (χ3v) is 6.14. The first-order valence-electron chi connectivity index (χ1n) is 11.4. The molecule has 32 heavy (non-hydrogen) atoms. The lowest BCUT2D eigenvalue weighted by Gasteiger charge is -2.26. The van der Waals surface area contributed by atoms with Gasteiger partial charge in [-0.05, 0) is 68.1 Å². The van der Waals surface area contributed by atoms with E-state index < -0.39 is 5.97 Å². The number of hydrogen-bond donors (Lipinski definition) is 2. The van der Waals surface area contributed by atoms with Gasteiger partial charge in [0.15, 0.2) is 5.69 Å². The Morgan fingerprint density at radius 1 is 0.969 bits per heavy atom. The predicted octanol–water partition coefficient (Wildman–Crippen LogP) is 4.46. The first-order valence-corrected chi connectivity index (χ1v) is 11.4. The number of ether oxygens (including phenoxy) is 1. The van der Waals surface area contributed by atoms with Gasteiger partial charge in [0.25, 0.3) is 0 Å². The fraction of sp³-hybridized carbons (Fsp3) is 0.385. The second-order valence-corrected chi connectivity index (χ2v) is 8.55. The molecule has 0 aliphatic carbocycles. The quantitative estimate of drug-likeness (QED) is 0.521. The van der Waals surface area contributed by atoms with Gasteiger partial charge in [-0.15, -0.1) is 0 Å². The number of piperidine rings is 1. The first kappa shape index (κ1) is 22.1.